The van der Waals surface area contributed by atoms with Gasteiger partial charge in [0.15, 0.2) is 0 Å². The highest BCUT2D eigenvalue weighted by molar-refractivity contribution is 7.16. The van der Waals surface area contributed by atoms with Crippen LogP contribution >= 0.6 is 18.5 Å². The van der Waals surface area contributed by atoms with Crippen molar-refractivity contribution in [3.63, 3.8) is 0 Å². The molecule has 0 amide bonds. The Bertz CT molecular complexity index is 274. The third kappa shape index (κ3) is 3.33. The Morgan fingerprint density at radius 3 is 2.31 bits per heavy atom. The van der Waals surface area contributed by atoms with Crippen LogP contribution in [0, 0.1) is 5.82 Å². The van der Waals surface area contributed by atoms with Gasteiger partial charge in [-0.3, -0.25) is 0 Å². The quantitative estimate of drug-likeness (QED) is 0.679. The Morgan fingerprint density at radius 1 is 1.08 bits per heavy atom. The molecule has 3 heteroatoms. The van der Waals surface area contributed by atoms with Crippen LogP contribution in [0.2, 0.25) is 0 Å². The van der Waals surface area contributed by atoms with E-state index in [2.05, 4.69) is 18.5 Å². The maximum atomic E-state index is 13.3. The molecular weight excluding hydrogens is 201 g/mol. The fourth-order valence-electron chi connectivity index (χ4n) is 1.27. The molecule has 1 aromatic carbocycles. The van der Waals surface area contributed by atoms with Gasteiger partial charge in [-0.2, -0.15) is 0 Å². The topological polar surface area (TPSA) is 0 Å². The van der Waals surface area contributed by atoms with E-state index in [1.165, 1.54) is 0 Å². The molecule has 1 aromatic rings. The first-order chi connectivity index (χ1) is 6.27. The molecule has 0 aromatic heterocycles. The highest BCUT2D eigenvalue weighted by Crippen LogP contribution is 2.13. The standard InChI is InChI=1S/C10H15FP2/c11-10-7-8(3-5-12)1-2-9(10)4-6-13/h1-2,7H,3-6,12-13H2. The summed E-state index contributed by atoms with van der Waals surface area (Å²) in [6.45, 7) is 0. The van der Waals surface area contributed by atoms with Crippen molar-refractivity contribution >= 4 is 18.5 Å². The Balaban J connectivity index is 2.79. The summed E-state index contributed by atoms with van der Waals surface area (Å²) in [5.74, 6) is -0.0570. The molecule has 0 aliphatic heterocycles. The Labute approximate surface area is 83.7 Å². The van der Waals surface area contributed by atoms with E-state index in [1.54, 1.807) is 6.07 Å². The van der Waals surface area contributed by atoms with Gasteiger partial charge in [-0.1, -0.05) is 12.1 Å². The minimum atomic E-state index is -0.0570. The first-order valence-corrected chi connectivity index (χ1v) is 6.08. The van der Waals surface area contributed by atoms with E-state index in [-0.39, 0.29) is 5.82 Å². The number of aryl methyl sites for hydroxylation is 2. The number of hydrogen-bond acceptors (Lipinski definition) is 0. The molecule has 2 atom stereocenters. The van der Waals surface area contributed by atoms with E-state index in [4.69, 9.17) is 0 Å². The van der Waals surface area contributed by atoms with Crippen LogP contribution in [0.4, 0.5) is 4.39 Å². The lowest BCUT2D eigenvalue weighted by Gasteiger charge is -2.03. The van der Waals surface area contributed by atoms with Crippen molar-refractivity contribution < 1.29 is 4.39 Å². The third-order valence-corrected chi connectivity index (χ3v) is 2.54. The van der Waals surface area contributed by atoms with E-state index in [9.17, 15) is 4.39 Å². The molecule has 0 N–H and O–H groups in total. The van der Waals surface area contributed by atoms with E-state index in [0.29, 0.717) is 0 Å². The van der Waals surface area contributed by atoms with Crippen molar-refractivity contribution in [3.8, 4) is 0 Å². The zero-order chi connectivity index (χ0) is 9.68. The fourth-order valence-corrected chi connectivity index (χ4v) is 1.92. The van der Waals surface area contributed by atoms with Crippen molar-refractivity contribution in [1.82, 2.24) is 0 Å². The van der Waals surface area contributed by atoms with Crippen molar-refractivity contribution in [2.24, 2.45) is 0 Å². The van der Waals surface area contributed by atoms with Crippen LogP contribution in [0.25, 0.3) is 0 Å². The van der Waals surface area contributed by atoms with Crippen LogP contribution < -0.4 is 0 Å². The molecule has 1 rings (SSSR count). The number of benzene rings is 1. The van der Waals surface area contributed by atoms with Crippen LogP contribution in [0.5, 0.6) is 0 Å². The van der Waals surface area contributed by atoms with Crippen LogP contribution in [-0.4, -0.2) is 12.3 Å². The molecular formula is C10H15FP2. The normalized spacial score (nSPS) is 10.4. The van der Waals surface area contributed by atoms with E-state index in [0.717, 1.165) is 36.3 Å². The van der Waals surface area contributed by atoms with Crippen LogP contribution in [0.1, 0.15) is 11.1 Å². The molecule has 0 saturated carbocycles. The second-order valence-corrected chi connectivity index (χ2v) is 4.16. The predicted octanol–water partition coefficient (Wildman–Crippen LogP) is 2.66. The summed E-state index contributed by atoms with van der Waals surface area (Å²) >= 11 is 0. The summed E-state index contributed by atoms with van der Waals surface area (Å²) in [7, 11) is 5.27. The zero-order valence-corrected chi connectivity index (χ0v) is 9.90. The summed E-state index contributed by atoms with van der Waals surface area (Å²) in [5, 5.41) is 0. The molecule has 0 fully saturated rings. The SMILES string of the molecule is Fc1cc(CCP)ccc1CCP. The van der Waals surface area contributed by atoms with Crippen LogP contribution in [-0.2, 0) is 12.8 Å². The van der Waals surface area contributed by atoms with Crippen molar-refractivity contribution in [3.05, 3.63) is 35.1 Å². The van der Waals surface area contributed by atoms with E-state index < -0.39 is 0 Å². The van der Waals surface area contributed by atoms with Gasteiger partial charge in [0, 0.05) is 0 Å². The molecule has 0 heterocycles. The smallest absolute Gasteiger partial charge is 0.126 e. The Hall–Kier alpha value is 0.01000. The molecule has 0 radical (unpaired) electrons. The van der Waals surface area contributed by atoms with E-state index in [1.807, 2.05) is 12.1 Å². The monoisotopic (exact) mass is 216 g/mol. The van der Waals surface area contributed by atoms with Crippen molar-refractivity contribution in [2.45, 2.75) is 12.8 Å². The second-order valence-electron chi connectivity index (χ2n) is 3.00. The molecule has 13 heavy (non-hydrogen) atoms. The van der Waals surface area contributed by atoms with Crippen LogP contribution in [0.15, 0.2) is 18.2 Å². The summed E-state index contributed by atoms with van der Waals surface area (Å²) in [6.07, 6.45) is 3.64. The highest BCUT2D eigenvalue weighted by Gasteiger charge is 2.01. The molecule has 0 nitrogen and oxygen atoms in total. The van der Waals surface area contributed by atoms with Crippen LogP contribution in [0.3, 0.4) is 0 Å². The summed E-state index contributed by atoms with van der Waals surface area (Å²) in [6, 6.07) is 5.57. The van der Waals surface area contributed by atoms with Gasteiger partial charge in [0.05, 0.1) is 0 Å². The minimum Gasteiger partial charge on any atom is -0.207 e. The van der Waals surface area contributed by atoms with Crippen molar-refractivity contribution in [2.75, 3.05) is 12.3 Å². The minimum absolute atomic E-state index is 0.0570. The fraction of sp³-hybridized carbons (Fsp3) is 0.400. The molecule has 2 unspecified atom stereocenters. The molecule has 0 aliphatic rings. The Kier molecular flexibility index (Phi) is 4.84. The summed E-state index contributed by atoms with van der Waals surface area (Å²) in [4.78, 5) is 0. The third-order valence-electron chi connectivity index (χ3n) is 1.96. The van der Waals surface area contributed by atoms with Gasteiger partial charge in [0.2, 0.25) is 0 Å². The number of halogens is 1. The average Bonchev–Trinajstić information content (AvgIpc) is 2.10. The van der Waals surface area contributed by atoms with Gasteiger partial charge in [0.25, 0.3) is 0 Å². The van der Waals surface area contributed by atoms with Gasteiger partial charge >= 0.3 is 0 Å². The van der Waals surface area contributed by atoms with Gasteiger partial charge in [-0.25, -0.2) is 4.39 Å². The number of hydrogen-bond donors (Lipinski definition) is 0. The summed E-state index contributed by atoms with van der Waals surface area (Å²) in [5.41, 5.74) is 1.91. The van der Waals surface area contributed by atoms with Gasteiger partial charge < -0.3 is 0 Å². The number of rotatable bonds is 4. The molecule has 0 saturated heterocycles. The molecule has 72 valence electrons. The predicted molar refractivity (Wildman–Crippen MR) is 63.0 cm³/mol. The molecule has 0 aliphatic carbocycles. The highest BCUT2D eigenvalue weighted by atomic mass is 31.0. The molecule has 0 bridgehead atoms. The maximum absolute atomic E-state index is 13.3. The van der Waals surface area contributed by atoms with E-state index >= 15 is 0 Å². The average molecular weight is 216 g/mol. The first kappa shape index (κ1) is 11.1. The largest absolute Gasteiger partial charge is 0.207 e. The Morgan fingerprint density at radius 2 is 1.77 bits per heavy atom. The summed E-state index contributed by atoms with van der Waals surface area (Å²) < 4.78 is 13.3. The van der Waals surface area contributed by atoms with Crippen molar-refractivity contribution in [1.29, 1.82) is 0 Å². The lowest BCUT2D eigenvalue weighted by Crippen LogP contribution is -1.94. The first-order valence-electron chi connectivity index (χ1n) is 4.45. The lowest BCUT2D eigenvalue weighted by molar-refractivity contribution is 0.610. The van der Waals surface area contributed by atoms with Gasteiger partial charge in [-0.05, 0) is 42.4 Å². The second kappa shape index (κ2) is 5.68. The maximum Gasteiger partial charge on any atom is 0.126 e. The molecule has 0 spiro atoms. The zero-order valence-electron chi connectivity index (χ0n) is 7.59. The van der Waals surface area contributed by atoms with Gasteiger partial charge in [-0.15, -0.1) is 18.5 Å². The lowest BCUT2D eigenvalue weighted by atomic mass is 10.1. The van der Waals surface area contributed by atoms with Gasteiger partial charge in [0.1, 0.15) is 5.82 Å².